The molecule has 0 unspecified atom stereocenters. The maximum absolute atomic E-state index is 10.9. The number of pyridine rings is 4. The molecule has 4 rings (SSSR count). The van der Waals surface area contributed by atoms with E-state index >= 15 is 0 Å². The van der Waals surface area contributed by atoms with Crippen molar-refractivity contribution >= 4 is 54.9 Å². The zero-order valence-electron chi connectivity index (χ0n) is 24.3. The molecule has 236 valence electrons. The van der Waals surface area contributed by atoms with Crippen LogP contribution in [-0.4, -0.2) is 45.2 Å². The van der Waals surface area contributed by atoms with Crippen LogP contribution in [-0.2, 0) is 62.8 Å². The Morgan fingerprint density at radius 1 is 0.848 bits per heavy atom. The zero-order chi connectivity index (χ0) is 33.9. The van der Waals surface area contributed by atoms with Crippen molar-refractivity contribution in [3.8, 4) is 39.7 Å². The Kier molecular flexibility index (Phi) is 18.8. The van der Waals surface area contributed by atoms with Crippen LogP contribution in [0, 0.1) is 10.7 Å². The van der Waals surface area contributed by atoms with E-state index in [0.717, 1.165) is 11.4 Å². The minimum Gasteiger partial charge on any atom is -0.753 e. The van der Waals surface area contributed by atoms with Gasteiger partial charge in [-0.2, -0.15) is 18.9 Å². The Hall–Kier alpha value is -5.39. The summed E-state index contributed by atoms with van der Waals surface area (Å²) in [6.45, 7) is 0.760. The van der Waals surface area contributed by atoms with E-state index < -0.39 is 11.9 Å². The van der Waals surface area contributed by atoms with Gasteiger partial charge in [-0.3, -0.25) is 9.59 Å². The normalized spacial score (nSPS) is 8.83. The number of isothiocyanates is 1. The molecular weight excluding hydrogens is 726 g/mol. The molecule has 0 fully saturated rings. The van der Waals surface area contributed by atoms with Gasteiger partial charge in [0.2, 0.25) is 5.69 Å². The number of rotatable bonds is 8. The largest absolute Gasteiger partial charge is 2.00 e. The summed E-state index contributed by atoms with van der Waals surface area (Å²) in [4.78, 5) is 46.8. The molecule has 14 nitrogen and oxygen atoms in total. The standard InChI is InChI=1S/C14H14N2O4.C13H10N2O4.CHNS.CNS.Ru/c1-15-5-3-11(19-9-17)7-13(15)14-8-12(20-10-18)4-6-16(14)2;1-15-5-3-9(13(18)19)7-11(15)10-6-8(12(16)17)2-4-14-10;2*2-1-3;/h3-10H,1-2H3;2-7H,1H3,(H-,16,17,18,19);3H;;/q+2;;;-1;+2. The summed E-state index contributed by atoms with van der Waals surface area (Å²) in [6.07, 6.45) is 6.53. The van der Waals surface area contributed by atoms with Gasteiger partial charge in [-0.1, -0.05) is 17.6 Å². The van der Waals surface area contributed by atoms with Crippen LogP contribution in [0.4, 0.5) is 0 Å². The molecule has 0 saturated heterocycles. The summed E-state index contributed by atoms with van der Waals surface area (Å²) < 4.78 is 15.1. The number of hydrogen-bond donors (Lipinski definition) is 2. The van der Waals surface area contributed by atoms with Crippen LogP contribution in [0.25, 0.3) is 28.2 Å². The Morgan fingerprint density at radius 2 is 1.24 bits per heavy atom. The van der Waals surface area contributed by atoms with E-state index in [1.807, 2.05) is 23.2 Å². The maximum Gasteiger partial charge on any atom is 2.00 e. The van der Waals surface area contributed by atoms with Crippen molar-refractivity contribution in [3.63, 3.8) is 0 Å². The third-order valence-electron chi connectivity index (χ3n) is 5.54. The third-order valence-corrected chi connectivity index (χ3v) is 5.54. The first-order chi connectivity index (χ1) is 21.5. The molecule has 0 spiro atoms. The summed E-state index contributed by atoms with van der Waals surface area (Å²) in [5.41, 5.74) is 2.78. The van der Waals surface area contributed by atoms with Crippen LogP contribution in [0.5, 0.6) is 11.5 Å². The first-order valence-corrected chi connectivity index (χ1v) is 12.9. The molecule has 0 radical (unpaired) electrons. The third kappa shape index (κ3) is 12.7. The van der Waals surface area contributed by atoms with Gasteiger partial charge < -0.3 is 37.7 Å². The second kappa shape index (κ2) is 21.3. The second-order valence-electron chi connectivity index (χ2n) is 8.28. The van der Waals surface area contributed by atoms with E-state index in [2.05, 4.69) is 29.8 Å². The van der Waals surface area contributed by atoms with E-state index in [1.54, 1.807) is 54.5 Å². The molecule has 4 heterocycles. The van der Waals surface area contributed by atoms with Crippen molar-refractivity contribution in [2.24, 2.45) is 21.1 Å². The molecule has 0 atom stereocenters. The van der Waals surface area contributed by atoms with Crippen molar-refractivity contribution in [1.82, 2.24) is 4.98 Å². The van der Waals surface area contributed by atoms with Gasteiger partial charge in [0.05, 0.1) is 23.3 Å². The fourth-order valence-electron chi connectivity index (χ4n) is 3.53. The van der Waals surface area contributed by atoms with E-state index in [1.165, 1.54) is 41.0 Å². The summed E-state index contributed by atoms with van der Waals surface area (Å²) in [7, 11) is 5.47. The molecule has 0 amide bonds. The second-order valence-corrected chi connectivity index (χ2v) is 8.64. The number of aryl methyl sites for hydroxylation is 3. The molecule has 4 aromatic heterocycles. The van der Waals surface area contributed by atoms with Gasteiger partial charge in [-0.25, -0.2) is 19.8 Å². The number of carboxylic acid groups (broad SMARTS) is 2. The van der Waals surface area contributed by atoms with E-state index in [-0.39, 0.29) is 30.6 Å². The monoisotopic (exact) mass is 751 g/mol. The van der Waals surface area contributed by atoms with Crippen molar-refractivity contribution in [3.05, 3.63) is 89.9 Å². The number of carbonyl (C=O) groups excluding carboxylic acids is 2. The number of carboxylic acids is 2. The Balaban J connectivity index is 0.000000739. The number of nitrogens with zero attached hydrogens (tertiary/aromatic N) is 6. The SMILES string of the molecule is C[n+]1ccc(C(=O)O)cc1-c1cc(C(=O)O)ccn1.C[n+]1ccc(OC=O)cc1-c1cc(OC=O)cc[n+]1C.N#C[S-].[N-]=C=S.[Ru+2]. The van der Waals surface area contributed by atoms with Gasteiger partial charge in [-0.15, -0.1) is 0 Å². The van der Waals surface area contributed by atoms with Crippen LogP contribution in [0.2, 0.25) is 0 Å². The van der Waals surface area contributed by atoms with Gasteiger partial charge in [0.15, 0.2) is 18.6 Å². The molecule has 46 heavy (non-hydrogen) atoms. The van der Waals surface area contributed by atoms with Crippen molar-refractivity contribution in [2.45, 2.75) is 0 Å². The topological polar surface area (TPSA) is 198 Å². The summed E-state index contributed by atoms with van der Waals surface area (Å²) in [6, 6.07) is 12.5. The Morgan fingerprint density at radius 3 is 1.65 bits per heavy atom. The number of aromatic nitrogens is 4. The van der Waals surface area contributed by atoms with E-state index in [0.29, 0.717) is 35.8 Å². The molecule has 0 saturated carbocycles. The maximum atomic E-state index is 10.9. The fourth-order valence-corrected chi connectivity index (χ4v) is 3.53. The molecule has 0 aliphatic carbocycles. The van der Waals surface area contributed by atoms with Crippen molar-refractivity contribution < 1.29 is 72.0 Å². The fraction of sp³-hybridized carbons (Fsp3) is 0.103. The molecule has 2 N–H and O–H groups in total. The number of thiocarbonyl (C=S) groups is 1. The van der Waals surface area contributed by atoms with E-state index in [9.17, 15) is 19.2 Å². The van der Waals surface area contributed by atoms with Gasteiger partial charge in [0.25, 0.3) is 24.3 Å². The Bertz CT molecular complexity index is 1700. The average molecular weight is 751 g/mol. The minimum absolute atomic E-state index is 0. The first kappa shape index (κ1) is 40.6. The summed E-state index contributed by atoms with van der Waals surface area (Å²) in [5, 5.41) is 34.8. The molecule has 0 aromatic carbocycles. The molecule has 4 aromatic rings. The average Bonchev–Trinajstić information content (AvgIpc) is 3.01. The van der Waals surface area contributed by atoms with Gasteiger partial charge in [0.1, 0.15) is 38.3 Å². The molecule has 17 heteroatoms. The van der Waals surface area contributed by atoms with Crippen LogP contribution >= 0.6 is 12.2 Å². The Labute approximate surface area is 286 Å². The number of aromatic carboxylic acids is 2. The van der Waals surface area contributed by atoms with Crippen molar-refractivity contribution in [1.29, 1.82) is 5.26 Å². The van der Waals surface area contributed by atoms with Crippen molar-refractivity contribution in [2.75, 3.05) is 0 Å². The van der Waals surface area contributed by atoms with Crippen LogP contribution in [0.3, 0.4) is 0 Å². The number of ether oxygens (including phenoxy) is 2. The van der Waals surface area contributed by atoms with Gasteiger partial charge in [-0.05, 0) is 12.1 Å². The van der Waals surface area contributed by atoms with Crippen LogP contribution < -0.4 is 23.2 Å². The number of hydrogen-bond acceptors (Lipinski definition) is 10. The number of nitriles is 1. The molecule has 0 bridgehead atoms. The van der Waals surface area contributed by atoms with Gasteiger partial charge in [0, 0.05) is 30.5 Å². The summed E-state index contributed by atoms with van der Waals surface area (Å²) >= 11 is 7.40. The number of thiocyanates is 1. The van der Waals surface area contributed by atoms with Crippen LogP contribution in [0.1, 0.15) is 20.7 Å². The predicted molar refractivity (Wildman–Crippen MR) is 161 cm³/mol. The first-order valence-electron chi connectivity index (χ1n) is 12.1. The molecule has 0 aliphatic heterocycles. The zero-order valence-corrected chi connectivity index (χ0v) is 27.7. The van der Waals surface area contributed by atoms with E-state index in [4.69, 9.17) is 30.4 Å². The smallest absolute Gasteiger partial charge is 0.753 e. The minimum atomic E-state index is -1.05. The predicted octanol–water partition coefficient (Wildman–Crippen LogP) is 1.71. The van der Waals surface area contributed by atoms with Crippen LogP contribution in [0.15, 0.2) is 73.3 Å². The number of carbonyl (C=O) groups is 4. The quantitative estimate of drug-likeness (QED) is 0.0504. The molecule has 0 aliphatic rings. The van der Waals surface area contributed by atoms with Gasteiger partial charge >= 0.3 is 31.4 Å². The molecular formula is C29H25N6O8RuS2+3. The summed E-state index contributed by atoms with van der Waals surface area (Å²) in [5.74, 6) is -1.22.